The highest BCUT2D eigenvalue weighted by atomic mass is 16.2. The molecule has 0 aliphatic carbocycles. The van der Waals surface area contributed by atoms with Gasteiger partial charge in [-0.05, 0) is 32.4 Å². The quantitative estimate of drug-likeness (QED) is 0.663. The van der Waals surface area contributed by atoms with Crippen LogP contribution in [0.25, 0.3) is 0 Å². The van der Waals surface area contributed by atoms with E-state index in [1.54, 1.807) is 19.1 Å². The van der Waals surface area contributed by atoms with Gasteiger partial charge in [0.05, 0.1) is 5.54 Å². The number of hydrogen-bond donors (Lipinski definition) is 3. The van der Waals surface area contributed by atoms with Crippen LogP contribution in [0.1, 0.15) is 42.6 Å². The Labute approximate surface area is 126 Å². The van der Waals surface area contributed by atoms with E-state index >= 15 is 0 Å². The summed E-state index contributed by atoms with van der Waals surface area (Å²) in [6.45, 7) is 6.42. The highest BCUT2D eigenvalue weighted by Gasteiger charge is 2.26. The van der Waals surface area contributed by atoms with Crippen molar-refractivity contribution in [3.8, 4) is 0 Å². The molecule has 1 rings (SSSR count). The van der Waals surface area contributed by atoms with Gasteiger partial charge in [-0.1, -0.05) is 31.0 Å². The van der Waals surface area contributed by atoms with Gasteiger partial charge in [-0.3, -0.25) is 9.59 Å². The van der Waals surface area contributed by atoms with Crippen LogP contribution in [0.5, 0.6) is 0 Å². The van der Waals surface area contributed by atoms with Crippen molar-refractivity contribution < 1.29 is 9.59 Å². The standard InChI is InChI=1S/C16H25N3O2/c1-4-9-16(3,17)15(21)19-11-10-18-14(20)13-7-5-12(2)6-8-13/h5-8H,4,9-11,17H2,1-3H3,(H,18,20)(H,19,21). The molecule has 5 nitrogen and oxygen atoms in total. The summed E-state index contributed by atoms with van der Waals surface area (Å²) < 4.78 is 0. The van der Waals surface area contributed by atoms with Crippen LogP contribution in [0.15, 0.2) is 24.3 Å². The van der Waals surface area contributed by atoms with E-state index in [-0.39, 0.29) is 11.8 Å². The predicted molar refractivity (Wildman–Crippen MR) is 84.0 cm³/mol. The van der Waals surface area contributed by atoms with Crippen molar-refractivity contribution in [1.82, 2.24) is 10.6 Å². The maximum absolute atomic E-state index is 11.9. The minimum absolute atomic E-state index is 0.145. The SMILES string of the molecule is CCCC(C)(N)C(=O)NCCNC(=O)c1ccc(C)cc1. The number of rotatable bonds is 7. The molecule has 0 radical (unpaired) electrons. The van der Waals surface area contributed by atoms with E-state index < -0.39 is 5.54 Å². The van der Waals surface area contributed by atoms with Gasteiger partial charge in [-0.2, -0.15) is 0 Å². The Morgan fingerprint density at radius 2 is 1.71 bits per heavy atom. The summed E-state index contributed by atoms with van der Waals surface area (Å²) in [5, 5.41) is 5.51. The number of nitrogens with two attached hydrogens (primary N) is 1. The normalized spacial score (nSPS) is 13.3. The summed E-state index contributed by atoms with van der Waals surface area (Å²) in [6.07, 6.45) is 1.49. The van der Waals surface area contributed by atoms with Gasteiger partial charge in [0.15, 0.2) is 0 Å². The summed E-state index contributed by atoms with van der Waals surface area (Å²) in [7, 11) is 0. The fourth-order valence-corrected chi connectivity index (χ4v) is 1.99. The van der Waals surface area contributed by atoms with Crippen molar-refractivity contribution in [2.45, 2.75) is 39.2 Å². The second kappa shape index (κ2) is 7.78. The van der Waals surface area contributed by atoms with Gasteiger partial charge in [0, 0.05) is 18.7 Å². The Balaban J connectivity index is 2.32. The Kier molecular flexibility index (Phi) is 6.37. The van der Waals surface area contributed by atoms with Crippen molar-refractivity contribution in [2.75, 3.05) is 13.1 Å². The second-order valence-corrected chi connectivity index (χ2v) is 5.55. The van der Waals surface area contributed by atoms with Gasteiger partial charge < -0.3 is 16.4 Å². The molecule has 0 saturated heterocycles. The van der Waals surface area contributed by atoms with E-state index in [0.717, 1.165) is 12.0 Å². The average Bonchev–Trinajstić information content (AvgIpc) is 2.43. The van der Waals surface area contributed by atoms with Gasteiger partial charge >= 0.3 is 0 Å². The Bertz CT molecular complexity index is 481. The summed E-state index contributed by atoms with van der Waals surface area (Å²) in [5.41, 5.74) is 6.79. The van der Waals surface area contributed by atoms with E-state index in [1.165, 1.54) is 0 Å². The molecular weight excluding hydrogens is 266 g/mol. The van der Waals surface area contributed by atoms with Crippen molar-refractivity contribution >= 4 is 11.8 Å². The molecule has 0 bridgehead atoms. The molecule has 0 aliphatic heterocycles. The second-order valence-electron chi connectivity index (χ2n) is 5.55. The van der Waals surface area contributed by atoms with E-state index in [1.807, 2.05) is 26.0 Å². The lowest BCUT2D eigenvalue weighted by Gasteiger charge is -2.22. The Hall–Kier alpha value is -1.88. The van der Waals surface area contributed by atoms with Gasteiger partial charge in [0.25, 0.3) is 5.91 Å². The first-order chi connectivity index (χ1) is 9.86. The number of hydrogen-bond acceptors (Lipinski definition) is 3. The molecule has 116 valence electrons. The zero-order valence-corrected chi connectivity index (χ0v) is 13.0. The lowest BCUT2D eigenvalue weighted by Crippen LogP contribution is -2.52. The maximum Gasteiger partial charge on any atom is 0.251 e. The van der Waals surface area contributed by atoms with Crippen LogP contribution >= 0.6 is 0 Å². The van der Waals surface area contributed by atoms with Gasteiger partial charge in [0.1, 0.15) is 0 Å². The molecule has 4 N–H and O–H groups in total. The highest BCUT2D eigenvalue weighted by molar-refractivity contribution is 5.94. The fraction of sp³-hybridized carbons (Fsp3) is 0.500. The number of nitrogens with one attached hydrogen (secondary N) is 2. The topological polar surface area (TPSA) is 84.2 Å². The molecule has 0 aromatic heterocycles. The Morgan fingerprint density at radius 1 is 1.14 bits per heavy atom. The molecule has 21 heavy (non-hydrogen) atoms. The number of carbonyl (C=O) groups is 2. The Morgan fingerprint density at radius 3 is 2.29 bits per heavy atom. The lowest BCUT2D eigenvalue weighted by molar-refractivity contribution is -0.126. The van der Waals surface area contributed by atoms with E-state index in [2.05, 4.69) is 10.6 Å². The molecule has 0 saturated carbocycles. The number of carbonyl (C=O) groups excluding carboxylic acids is 2. The third-order valence-corrected chi connectivity index (χ3v) is 3.30. The van der Waals surface area contributed by atoms with E-state index in [9.17, 15) is 9.59 Å². The minimum Gasteiger partial charge on any atom is -0.353 e. The largest absolute Gasteiger partial charge is 0.353 e. The highest BCUT2D eigenvalue weighted by Crippen LogP contribution is 2.07. The fourth-order valence-electron chi connectivity index (χ4n) is 1.99. The first kappa shape index (κ1) is 17.2. The third kappa shape index (κ3) is 5.55. The monoisotopic (exact) mass is 291 g/mol. The molecule has 0 heterocycles. The van der Waals surface area contributed by atoms with Gasteiger partial charge in [-0.15, -0.1) is 0 Å². The number of benzene rings is 1. The minimum atomic E-state index is -0.851. The maximum atomic E-state index is 11.9. The van der Waals surface area contributed by atoms with E-state index in [4.69, 9.17) is 5.73 Å². The first-order valence-corrected chi connectivity index (χ1v) is 7.29. The summed E-state index contributed by atoms with van der Waals surface area (Å²) >= 11 is 0. The molecule has 1 aromatic carbocycles. The molecule has 1 aromatic rings. The van der Waals surface area contributed by atoms with Crippen molar-refractivity contribution in [3.63, 3.8) is 0 Å². The molecular formula is C16H25N3O2. The van der Waals surface area contributed by atoms with Gasteiger partial charge in [-0.25, -0.2) is 0 Å². The zero-order valence-electron chi connectivity index (χ0n) is 13.0. The smallest absolute Gasteiger partial charge is 0.251 e. The van der Waals surface area contributed by atoms with Crippen LogP contribution in [0.4, 0.5) is 0 Å². The third-order valence-electron chi connectivity index (χ3n) is 3.30. The number of aryl methyl sites for hydroxylation is 1. The van der Waals surface area contributed by atoms with Crippen molar-refractivity contribution in [1.29, 1.82) is 0 Å². The van der Waals surface area contributed by atoms with Crippen LogP contribution in [0, 0.1) is 6.92 Å². The van der Waals surface area contributed by atoms with Crippen LogP contribution in [-0.4, -0.2) is 30.4 Å². The number of amides is 2. The van der Waals surface area contributed by atoms with Crippen LogP contribution < -0.4 is 16.4 Å². The van der Waals surface area contributed by atoms with Gasteiger partial charge in [0.2, 0.25) is 5.91 Å². The summed E-state index contributed by atoms with van der Waals surface area (Å²) in [4.78, 5) is 23.7. The zero-order chi connectivity index (χ0) is 15.9. The predicted octanol–water partition coefficient (Wildman–Crippen LogP) is 1.36. The molecule has 0 spiro atoms. The molecule has 0 aliphatic rings. The molecule has 5 heteroatoms. The van der Waals surface area contributed by atoms with Crippen LogP contribution in [0.3, 0.4) is 0 Å². The van der Waals surface area contributed by atoms with E-state index in [0.29, 0.717) is 25.1 Å². The van der Waals surface area contributed by atoms with Crippen LogP contribution in [-0.2, 0) is 4.79 Å². The molecule has 2 amide bonds. The molecule has 1 atom stereocenters. The molecule has 0 fully saturated rings. The average molecular weight is 291 g/mol. The summed E-state index contributed by atoms with van der Waals surface area (Å²) in [6, 6.07) is 7.34. The summed E-state index contributed by atoms with van der Waals surface area (Å²) in [5.74, 6) is -0.331. The lowest BCUT2D eigenvalue weighted by atomic mass is 9.97. The first-order valence-electron chi connectivity index (χ1n) is 7.29. The van der Waals surface area contributed by atoms with Crippen molar-refractivity contribution in [3.05, 3.63) is 35.4 Å². The van der Waals surface area contributed by atoms with Crippen molar-refractivity contribution in [2.24, 2.45) is 5.73 Å². The van der Waals surface area contributed by atoms with Crippen LogP contribution in [0.2, 0.25) is 0 Å². The molecule has 1 unspecified atom stereocenters.